The molecular weight excluding hydrogens is 222 g/mol. The first-order chi connectivity index (χ1) is 8.59. The molecule has 18 heavy (non-hydrogen) atoms. The van der Waals surface area contributed by atoms with Crippen LogP contribution in [0.2, 0.25) is 0 Å². The number of hydrogen-bond acceptors (Lipinski definition) is 2. The van der Waals surface area contributed by atoms with Crippen LogP contribution in [-0.2, 0) is 0 Å². The summed E-state index contributed by atoms with van der Waals surface area (Å²) >= 11 is 0. The summed E-state index contributed by atoms with van der Waals surface area (Å²) in [7, 11) is 1.73. The predicted octanol–water partition coefficient (Wildman–Crippen LogP) is 3.58. The molecule has 1 aromatic rings. The van der Waals surface area contributed by atoms with Crippen molar-refractivity contribution in [3.63, 3.8) is 0 Å². The highest BCUT2D eigenvalue weighted by molar-refractivity contribution is 5.34. The SMILES string of the molecule is CCCNC1CC(c2cccc(OC)c2)C1(C)C. The van der Waals surface area contributed by atoms with E-state index in [2.05, 4.69) is 44.3 Å². The van der Waals surface area contributed by atoms with Gasteiger partial charge >= 0.3 is 0 Å². The van der Waals surface area contributed by atoms with Crippen LogP contribution in [0.5, 0.6) is 5.75 Å². The van der Waals surface area contributed by atoms with E-state index in [0.29, 0.717) is 17.4 Å². The van der Waals surface area contributed by atoms with E-state index in [4.69, 9.17) is 4.74 Å². The van der Waals surface area contributed by atoms with E-state index in [0.717, 1.165) is 12.3 Å². The standard InChI is InChI=1S/C16H25NO/c1-5-9-17-15-11-14(16(15,2)3)12-7-6-8-13(10-12)18-4/h6-8,10,14-15,17H,5,9,11H2,1-4H3. The van der Waals surface area contributed by atoms with Crippen molar-refractivity contribution in [3.8, 4) is 5.75 Å². The van der Waals surface area contributed by atoms with E-state index in [-0.39, 0.29) is 0 Å². The van der Waals surface area contributed by atoms with Gasteiger partial charge in [0.25, 0.3) is 0 Å². The van der Waals surface area contributed by atoms with Gasteiger partial charge in [-0.1, -0.05) is 32.9 Å². The zero-order valence-electron chi connectivity index (χ0n) is 12.0. The van der Waals surface area contributed by atoms with E-state index < -0.39 is 0 Å². The molecule has 1 aliphatic rings. The van der Waals surface area contributed by atoms with Gasteiger partial charge in [-0.25, -0.2) is 0 Å². The van der Waals surface area contributed by atoms with Gasteiger partial charge in [0.15, 0.2) is 0 Å². The number of methoxy groups -OCH3 is 1. The molecule has 1 fully saturated rings. The Hall–Kier alpha value is -1.02. The van der Waals surface area contributed by atoms with Gasteiger partial charge in [-0.3, -0.25) is 0 Å². The zero-order chi connectivity index (χ0) is 13.2. The third-order valence-corrected chi connectivity index (χ3v) is 4.40. The summed E-state index contributed by atoms with van der Waals surface area (Å²) in [5, 5.41) is 3.66. The number of hydrogen-bond donors (Lipinski definition) is 1. The molecule has 2 atom stereocenters. The molecule has 2 unspecified atom stereocenters. The highest BCUT2D eigenvalue weighted by atomic mass is 16.5. The molecule has 0 aliphatic heterocycles. The van der Waals surface area contributed by atoms with Crippen LogP contribution >= 0.6 is 0 Å². The summed E-state index contributed by atoms with van der Waals surface area (Å²) in [6.07, 6.45) is 2.44. The summed E-state index contributed by atoms with van der Waals surface area (Å²) < 4.78 is 5.32. The maximum Gasteiger partial charge on any atom is 0.119 e. The van der Waals surface area contributed by atoms with Crippen molar-refractivity contribution < 1.29 is 4.74 Å². The lowest BCUT2D eigenvalue weighted by Crippen LogP contribution is -2.55. The second kappa shape index (κ2) is 5.31. The molecular formula is C16H25NO. The lowest BCUT2D eigenvalue weighted by atomic mass is 9.56. The minimum Gasteiger partial charge on any atom is -0.497 e. The Kier molecular flexibility index (Phi) is 3.96. The van der Waals surface area contributed by atoms with E-state index in [1.165, 1.54) is 18.4 Å². The summed E-state index contributed by atoms with van der Waals surface area (Å²) in [5.74, 6) is 1.61. The highest BCUT2D eigenvalue weighted by Gasteiger charge is 2.48. The second-order valence-electron chi connectivity index (χ2n) is 5.89. The fourth-order valence-electron chi connectivity index (χ4n) is 3.01. The molecule has 0 aromatic heterocycles. The largest absolute Gasteiger partial charge is 0.497 e. The van der Waals surface area contributed by atoms with Crippen molar-refractivity contribution in [2.75, 3.05) is 13.7 Å². The van der Waals surface area contributed by atoms with Crippen LogP contribution in [0, 0.1) is 5.41 Å². The molecule has 1 aromatic carbocycles. The average Bonchev–Trinajstić information content (AvgIpc) is 2.38. The molecule has 1 aliphatic carbocycles. The third kappa shape index (κ3) is 2.39. The lowest BCUT2D eigenvalue weighted by molar-refractivity contribution is 0.0693. The summed E-state index contributed by atoms with van der Waals surface area (Å²) in [4.78, 5) is 0. The van der Waals surface area contributed by atoms with Crippen LogP contribution in [0.1, 0.15) is 45.1 Å². The number of nitrogens with one attached hydrogen (secondary N) is 1. The number of rotatable bonds is 5. The summed E-state index contributed by atoms with van der Waals surface area (Å²) in [5.41, 5.74) is 1.75. The van der Waals surface area contributed by atoms with Gasteiger partial charge in [-0.05, 0) is 48.4 Å². The number of ether oxygens (including phenoxy) is 1. The maximum atomic E-state index is 5.32. The van der Waals surface area contributed by atoms with Gasteiger partial charge in [0, 0.05) is 6.04 Å². The Bertz CT molecular complexity index is 400. The first-order valence-corrected chi connectivity index (χ1v) is 6.97. The molecule has 100 valence electrons. The van der Waals surface area contributed by atoms with Crippen LogP contribution in [0.4, 0.5) is 0 Å². The molecule has 2 heteroatoms. The highest BCUT2D eigenvalue weighted by Crippen LogP contribution is 2.52. The third-order valence-electron chi connectivity index (χ3n) is 4.40. The van der Waals surface area contributed by atoms with Crippen molar-refractivity contribution in [3.05, 3.63) is 29.8 Å². The maximum absolute atomic E-state index is 5.32. The zero-order valence-corrected chi connectivity index (χ0v) is 12.0. The smallest absolute Gasteiger partial charge is 0.119 e. The minimum atomic E-state index is 0.335. The lowest BCUT2D eigenvalue weighted by Gasteiger charge is -2.53. The van der Waals surface area contributed by atoms with Crippen LogP contribution in [0.3, 0.4) is 0 Å². The summed E-state index contributed by atoms with van der Waals surface area (Å²) in [6, 6.07) is 9.17. The van der Waals surface area contributed by atoms with Gasteiger partial charge in [0.1, 0.15) is 5.75 Å². The molecule has 0 heterocycles. The van der Waals surface area contributed by atoms with Crippen molar-refractivity contribution in [1.82, 2.24) is 5.32 Å². The second-order valence-corrected chi connectivity index (χ2v) is 5.89. The quantitative estimate of drug-likeness (QED) is 0.858. The minimum absolute atomic E-state index is 0.335. The van der Waals surface area contributed by atoms with Crippen molar-refractivity contribution in [2.24, 2.45) is 5.41 Å². The average molecular weight is 247 g/mol. The molecule has 2 rings (SSSR count). The molecule has 1 N–H and O–H groups in total. The van der Waals surface area contributed by atoms with Crippen LogP contribution in [-0.4, -0.2) is 19.7 Å². The van der Waals surface area contributed by atoms with Crippen LogP contribution < -0.4 is 10.1 Å². The Morgan fingerprint density at radius 3 is 2.78 bits per heavy atom. The molecule has 0 radical (unpaired) electrons. The van der Waals surface area contributed by atoms with Crippen molar-refractivity contribution in [1.29, 1.82) is 0 Å². The van der Waals surface area contributed by atoms with Gasteiger partial charge in [0.05, 0.1) is 7.11 Å². The normalized spacial score (nSPS) is 25.6. The Balaban J connectivity index is 2.07. The fourth-order valence-corrected chi connectivity index (χ4v) is 3.01. The molecule has 0 bridgehead atoms. The van der Waals surface area contributed by atoms with Gasteiger partial charge in [0.2, 0.25) is 0 Å². The van der Waals surface area contributed by atoms with Crippen molar-refractivity contribution >= 4 is 0 Å². The Morgan fingerprint density at radius 1 is 1.39 bits per heavy atom. The fraction of sp³-hybridized carbons (Fsp3) is 0.625. The van der Waals surface area contributed by atoms with Crippen molar-refractivity contribution in [2.45, 2.75) is 45.6 Å². The molecule has 1 saturated carbocycles. The van der Waals surface area contributed by atoms with E-state index in [1.54, 1.807) is 7.11 Å². The first kappa shape index (κ1) is 13.4. The molecule has 0 spiro atoms. The Morgan fingerprint density at radius 2 is 2.17 bits per heavy atom. The van der Waals surface area contributed by atoms with Crippen LogP contribution in [0.25, 0.3) is 0 Å². The van der Waals surface area contributed by atoms with E-state index in [1.807, 2.05) is 6.07 Å². The Labute approximate surface area is 111 Å². The van der Waals surface area contributed by atoms with Gasteiger partial charge in [-0.2, -0.15) is 0 Å². The van der Waals surface area contributed by atoms with E-state index in [9.17, 15) is 0 Å². The molecule has 2 nitrogen and oxygen atoms in total. The van der Waals surface area contributed by atoms with Crippen LogP contribution in [0.15, 0.2) is 24.3 Å². The molecule has 0 saturated heterocycles. The topological polar surface area (TPSA) is 21.3 Å². The van der Waals surface area contributed by atoms with Gasteiger partial charge < -0.3 is 10.1 Å². The van der Waals surface area contributed by atoms with E-state index >= 15 is 0 Å². The van der Waals surface area contributed by atoms with Gasteiger partial charge in [-0.15, -0.1) is 0 Å². The molecule has 0 amide bonds. The monoisotopic (exact) mass is 247 g/mol. The number of benzene rings is 1. The summed E-state index contributed by atoms with van der Waals surface area (Å²) in [6.45, 7) is 8.08. The predicted molar refractivity (Wildman–Crippen MR) is 76.2 cm³/mol. The first-order valence-electron chi connectivity index (χ1n) is 6.97.